The van der Waals surface area contributed by atoms with Gasteiger partial charge in [0, 0.05) is 23.8 Å². The Kier molecular flexibility index (Phi) is 6.99. The predicted molar refractivity (Wildman–Crippen MR) is 115 cm³/mol. The van der Waals surface area contributed by atoms with Gasteiger partial charge in [-0.3, -0.25) is 9.59 Å². The summed E-state index contributed by atoms with van der Waals surface area (Å²) < 4.78 is 1.86. The fourth-order valence-corrected chi connectivity index (χ4v) is 4.07. The fourth-order valence-electron chi connectivity index (χ4n) is 2.61. The van der Waals surface area contributed by atoms with Crippen molar-refractivity contribution in [2.75, 3.05) is 10.6 Å². The minimum Gasteiger partial charge on any atom is -0.325 e. The lowest BCUT2D eigenvalue weighted by Crippen LogP contribution is -2.23. The first kappa shape index (κ1) is 21.0. The number of aryl methyl sites for hydroxylation is 1. The highest BCUT2D eigenvalue weighted by atomic mass is 32.2. The van der Waals surface area contributed by atoms with E-state index in [0.29, 0.717) is 22.7 Å². The molecule has 1 aromatic carbocycles. The minimum atomic E-state index is -0.387. The average Bonchev–Trinajstić information content (AvgIpc) is 3.33. The second-order valence-corrected chi connectivity index (χ2v) is 8.47. The van der Waals surface area contributed by atoms with E-state index in [9.17, 15) is 9.59 Å². The lowest BCUT2D eigenvalue weighted by molar-refractivity contribution is -0.116. The van der Waals surface area contributed by atoms with E-state index >= 15 is 0 Å². The molecular weight excluding hydrogens is 408 g/mol. The summed E-state index contributed by atoms with van der Waals surface area (Å²) in [7, 11) is 0. The van der Waals surface area contributed by atoms with E-state index < -0.39 is 0 Å². The largest absolute Gasteiger partial charge is 0.325 e. The fraction of sp³-hybridized carbons (Fsp3) is 0.316. The first-order chi connectivity index (χ1) is 14.0. The zero-order chi connectivity index (χ0) is 20.8. The Morgan fingerprint density at radius 1 is 1.24 bits per heavy atom. The summed E-state index contributed by atoms with van der Waals surface area (Å²) in [4.78, 5) is 28.9. The van der Waals surface area contributed by atoms with E-state index in [1.807, 2.05) is 42.7 Å². The van der Waals surface area contributed by atoms with Crippen LogP contribution in [0.4, 0.5) is 10.8 Å². The Bertz CT molecular complexity index is 987. The molecule has 2 aromatic heterocycles. The van der Waals surface area contributed by atoms with Crippen molar-refractivity contribution in [2.45, 2.75) is 44.1 Å². The van der Waals surface area contributed by atoms with E-state index in [1.54, 1.807) is 18.5 Å². The molecule has 0 radical (unpaired) electrons. The first-order valence-corrected chi connectivity index (χ1v) is 10.9. The number of benzene rings is 1. The molecule has 3 aromatic rings. The summed E-state index contributed by atoms with van der Waals surface area (Å²) in [6.45, 7) is 6.30. The number of nitrogens with zero attached hydrogens (tertiary/aromatic N) is 4. The smallest absolute Gasteiger partial charge is 0.239 e. The highest BCUT2D eigenvalue weighted by Gasteiger charge is 2.21. The van der Waals surface area contributed by atoms with Crippen LogP contribution in [0.15, 0.2) is 41.0 Å². The van der Waals surface area contributed by atoms with Crippen molar-refractivity contribution < 1.29 is 9.59 Å². The van der Waals surface area contributed by atoms with Gasteiger partial charge in [-0.1, -0.05) is 30.0 Å². The van der Waals surface area contributed by atoms with Crippen molar-refractivity contribution in [3.63, 3.8) is 0 Å². The number of aromatic nitrogens is 4. The molecule has 0 unspecified atom stereocenters. The molecule has 0 aliphatic rings. The molecular formula is C19H22N6O2S2. The van der Waals surface area contributed by atoms with Crippen LogP contribution < -0.4 is 10.6 Å². The lowest BCUT2D eigenvalue weighted by Gasteiger charge is -2.12. The third-order valence-corrected chi connectivity index (χ3v) is 5.93. The molecule has 29 heavy (non-hydrogen) atoms. The van der Waals surface area contributed by atoms with Crippen LogP contribution >= 0.6 is 23.1 Å². The van der Waals surface area contributed by atoms with Gasteiger partial charge in [0.2, 0.25) is 11.8 Å². The molecule has 1 atom stereocenters. The molecule has 3 rings (SSSR count). The number of thioether (sulfide) groups is 1. The molecule has 152 valence electrons. The van der Waals surface area contributed by atoms with Gasteiger partial charge in [0.15, 0.2) is 10.3 Å². The van der Waals surface area contributed by atoms with E-state index in [0.717, 1.165) is 11.3 Å². The van der Waals surface area contributed by atoms with Gasteiger partial charge in [-0.2, -0.15) is 0 Å². The summed E-state index contributed by atoms with van der Waals surface area (Å²) >= 11 is 2.67. The van der Waals surface area contributed by atoms with E-state index in [1.165, 1.54) is 23.1 Å². The van der Waals surface area contributed by atoms with Crippen molar-refractivity contribution in [3.05, 3.63) is 47.2 Å². The molecule has 0 bridgehead atoms. The third kappa shape index (κ3) is 5.42. The Morgan fingerprint density at radius 3 is 2.72 bits per heavy atom. The standard InChI is InChI=1S/C19H22N6O2S2/c1-4-25-15(11-16(26)21-14-8-6-5-7-12(14)2)23-24-19(25)29-13(3)17(27)22-18-20-9-10-28-18/h5-10,13H,4,11H2,1-3H3,(H,21,26)(H,20,22,27)/t13-/m1/s1. The van der Waals surface area contributed by atoms with Crippen molar-refractivity contribution >= 4 is 45.7 Å². The molecule has 0 fully saturated rings. The van der Waals surface area contributed by atoms with Crippen LogP contribution in [0, 0.1) is 6.92 Å². The van der Waals surface area contributed by atoms with Crippen LogP contribution in [0.25, 0.3) is 0 Å². The number of anilines is 2. The molecule has 0 saturated heterocycles. The zero-order valence-corrected chi connectivity index (χ0v) is 18.0. The SMILES string of the molecule is CCn1c(CC(=O)Nc2ccccc2C)nnc1S[C@H](C)C(=O)Nc1nccs1. The summed E-state index contributed by atoms with van der Waals surface area (Å²) in [5.74, 6) is 0.246. The highest BCUT2D eigenvalue weighted by Crippen LogP contribution is 2.24. The van der Waals surface area contributed by atoms with Crippen molar-refractivity contribution in [1.29, 1.82) is 0 Å². The molecule has 0 aliphatic heterocycles. The maximum absolute atomic E-state index is 12.5. The van der Waals surface area contributed by atoms with Crippen LogP contribution in [-0.4, -0.2) is 36.8 Å². The quantitative estimate of drug-likeness (QED) is 0.531. The Labute approximate surface area is 177 Å². The van der Waals surface area contributed by atoms with Crippen molar-refractivity contribution in [2.24, 2.45) is 0 Å². The molecule has 2 N–H and O–H groups in total. The lowest BCUT2D eigenvalue weighted by atomic mass is 10.2. The average molecular weight is 431 g/mol. The van der Waals surface area contributed by atoms with Gasteiger partial charge in [0.1, 0.15) is 5.82 Å². The first-order valence-electron chi connectivity index (χ1n) is 9.12. The monoisotopic (exact) mass is 430 g/mol. The number of carbonyl (C=O) groups excluding carboxylic acids is 2. The van der Waals surface area contributed by atoms with Crippen molar-refractivity contribution in [3.8, 4) is 0 Å². The zero-order valence-electron chi connectivity index (χ0n) is 16.4. The van der Waals surface area contributed by atoms with E-state index in [2.05, 4.69) is 25.8 Å². The van der Waals surface area contributed by atoms with Gasteiger partial charge >= 0.3 is 0 Å². The number of carbonyl (C=O) groups is 2. The van der Waals surface area contributed by atoms with Crippen LogP contribution in [0.3, 0.4) is 0 Å². The van der Waals surface area contributed by atoms with Crippen LogP contribution in [0.1, 0.15) is 25.2 Å². The summed E-state index contributed by atoms with van der Waals surface area (Å²) in [5, 5.41) is 16.6. The van der Waals surface area contributed by atoms with Gasteiger partial charge < -0.3 is 15.2 Å². The Morgan fingerprint density at radius 2 is 2.03 bits per heavy atom. The number of thiazole rings is 1. The topological polar surface area (TPSA) is 102 Å². The normalized spacial score (nSPS) is 11.8. The third-order valence-electron chi connectivity index (χ3n) is 4.16. The second kappa shape index (κ2) is 9.66. The summed E-state index contributed by atoms with van der Waals surface area (Å²) in [5.41, 5.74) is 1.77. The number of hydrogen-bond donors (Lipinski definition) is 2. The number of amides is 2. The Hall–Kier alpha value is -2.72. The van der Waals surface area contributed by atoms with Gasteiger partial charge in [-0.15, -0.1) is 21.5 Å². The maximum Gasteiger partial charge on any atom is 0.239 e. The second-order valence-electron chi connectivity index (χ2n) is 6.27. The number of para-hydroxylation sites is 1. The van der Waals surface area contributed by atoms with Crippen LogP contribution in [0.5, 0.6) is 0 Å². The van der Waals surface area contributed by atoms with Crippen LogP contribution in [-0.2, 0) is 22.6 Å². The van der Waals surface area contributed by atoms with Gasteiger partial charge in [0.05, 0.1) is 11.7 Å². The predicted octanol–water partition coefficient (Wildman–Crippen LogP) is 3.36. The van der Waals surface area contributed by atoms with Gasteiger partial charge in [-0.25, -0.2) is 4.98 Å². The highest BCUT2D eigenvalue weighted by molar-refractivity contribution is 8.00. The Balaban J connectivity index is 1.64. The molecule has 0 aliphatic carbocycles. The number of nitrogens with one attached hydrogen (secondary N) is 2. The van der Waals surface area contributed by atoms with E-state index in [-0.39, 0.29) is 23.5 Å². The maximum atomic E-state index is 12.5. The molecule has 2 heterocycles. The summed E-state index contributed by atoms with van der Waals surface area (Å²) in [6.07, 6.45) is 1.75. The molecule has 2 amide bonds. The number of hydrogen-bond acceptors (Lipinski definition) is 7. The minimum absolute atomic E-state index is 0.107. The summed E-state index contributed by atoms with van der Waals surface area (Å²) in [6, 6.07) is 7.61. The van der Waals surface area contributed by atoms with Gasteiger partial charge in [-0.05, 0) is 32.4 Å². The van der Waals surface area contributed by atoms with Gasteiger partial charge in [0.25, 0.3) is 0 Å². The van der Waals surface area contributed by atoms with Crippen molar-refractivity contribution in [1.82, 2.24) is 19.7 Å². The number of rotatable bonds is 8. The molecule has 10 heteroatoms. The molecule has 8 nitrogen and oxygen atoms in total. The molecule has 0 spiro atoms. The van der Waals surface area contributed by atoms with E-state index in [4.69, 9.17) is 0 Å². The molecule has 0 saturated carbocycles. The van der Waals surface area contributed by atoms with Crippen LogP contribution in [0.2, 0.25) is 0 Å².